The number of nitrogens with zero attached hydrogens (tertiary/aromatic N) is 1. The predicted octanol–water partition coefficient (Wildman–Crippen LogP) is 3.01. The molecule has 0 saturated carbocycles. The van der Waals surface area contributed by atoms with E-state index in [1.165, 1.54) is 42.6 Å². The average molecular weight is 475 g/mol. The minimum atomic E-state index is -4.00. The van der Waals surface area contributed by atoms with Gasteiger partial charge in [-0.3, -0.25) is 25.2 Å². The highest BCUT2D eigenvalue weighted by Crippen LogP contribution is 2.24. The van der Waals surface area contributed by atoms with Gasteiger partial charge in [0.25, 0.3) is 21.8 Å². The van der Waals surface area contributed by atoms with Crippen LogP contribution in [0.5, 0.6) is 5.88 Å². The van der Waals surface area contributed by atoms with Crippen LogP contribution in [0.2, 0.25) is 5.02 Å². The summed E-state index contributed by atoms with van der Waals surface area (Å²) in [5.41, 5.74) is 4.86. The smallest absolute Gasteiger partial charge is 0.275 e. The Bertz CT molecular complexity index is 1250. The van der Waals surface area contributed by atoms with Gasteiger partial charge < -0.3 is 4.74 Å². The quantitative estimate of drug-likeness (QED) is 0.452. The monoisotopic (exact) mass is 474 g/mol. The second kappa shape index (κ2) is 10.1. The second-order valence-electron chi connectivity index (χ2n) is 6.31. The molecule has 2 aromatic carbocycles. The number of pyridine rings is 1. The van der Waals surface area contributed by atoms with Crippen molar-refractivity contribution in [2.75, 3.05) is 11.3 Å². The number of sulfonamides is 1. The topological polar surface area (TPSA) is 126 Å². The lowest BCUT2D eigenvalue weighted by molar-refractivity contribution is 0.0844. The van der Waals surface area contributed by atoms with Crippen molar-refractivity contribution in [3.8, 4) is 5.88 Å². The number of carbonyl (C=O) groups is 2. The number of rotatable bonds is 7. The summed E-state index contributed by atoms with van der Waals surface area (Å²) in [7, 11) is -4.00. The van der Waals surface area contributed by atoms with Gasteiger partial charge in [-0.15, -0.1) is 0 Å². The Labute approximate surface area is 189 Å². The molecule has 0 bridgehead atoms. The largest absolute Gasteiger partial charge is 0.477 e. The van der Waals surface area contributed by atoms with Crippen molar-refractivity contribution in [3.05, 3.63) is 83.0 Å². The van der Waals surface area contributed by atoms with E-state index >= 15 is 0 Å². The zero-order chi connectivity index (χ0) is 23.1. The fraction of sp³-hybridized carbons (Fsp3) is 0.0952. The molecule has 0 aliphatic heterocycles. The lowest BCUT2D eigenvalue weighted by Gasteiger charge is -2.12. The standard InChI is InChI=1S/C21H19ClN4O5S/c1-2-31-21-16(9-6-12-23-21)20(28)25-24-19(27)14-7-5-8-15(13-14)32(29,30)26-18-11-4-3-10-17(18)22/h3-13,26H,2H2,1H3,(H,24,27)(H,25,28). The number of halogens is 1. The SMILES string of the molecule is CCOc1ncccc1C(=O)NNC(=O)c1cccc(S(=O)(=O)Nc2ccccc2Cl)c1. The van der Waals surface area contributed by atoms with Gasteiger partial charge in [0, 0.05) is 11.8 Å². The molecule has 9 nitrogen and oxygen atoms in total. The van der Waals surface area contributed by atoms with Gasteiger partial charge in [-0.1, -0.05) is 29.8 Å². The zero-order valence-electron chi connectivity index (χ0n) is 16.8. The first-order valence-electron chi connectivity index (χ1n) is 9.37. The summed E-state index contributed by atoms with van der Waals surface area (Å²) in [6.07, 6.45) is 1.48. The maximum Gasteiger partial charge on any atom is 0.275 e. The van der Waals surface area contributed by atoms with Crippen molar-refractivity contribution >= 4 is 39.1 Å². The second-order valence-corrected chi connectivity index (χ2v) is 8.40. The number of hydrogen-bond acceptors (Lipinski definition) is 6. The number of carbonyl (C=O) groups excluding carboxylic acids is 2. The molecule has 0 aliphatic carbocycles. The van der Waals surface area contributed by atoms with Crippen molar-refractivity contribution in [1.82, 2.24) is 15.8 Å². The van der Waals surface area contributed by atoms with Gasteiger partial charge >= 0.3 is 0 Å². The van der Waals surface area contributed by atoms with Crippen LogP contribution in [-0.2, 0) is 10.0 Å². The molecule has 11 heteroatoms. The number of para-hydroxylation sites is 1. The highest BCUT2D eigenvalue weighted by molar-refractivity contribution is 7.92. The Morgan fingerprint density at radius 1 is 1.00 bits per heavy atom. The first-order valence-corrected chi connectivity index (χ1v) is 11.2. The molecule has 0 saturated heterocycles. The Morgan fingerprint density at radius 2 is 1.75 bits per heavy atom. The number of hydrazine groups is 1. The number of ether oxygens (including phenoxy) is 1. The first-order chi connectivity index (χ1) is 15.3. The molecule has 0 radical (unpaired) electrons. The van der Waals surface area contributed by atoms with E-state index in [4.69, 9.17) is 16.3 Å². The number of benzene rings is 2. The van der Waals surface area contributed by atoms with E-state index in [1.54, 1.807) is 31.2 Å². The molecule has 3 N–H and O–H groups in total. The fourth-order valence-electron chi connectivity index (χ4n) is 2.62. The Hall–Kier alpha value is -3.63. The highest BCUT2D eigenvalue weighted by Gasteiger charge is 2.19. The summed E-state index contributed by atoms with van der Waals surface area (Å²) < 4.78 is 33.0. The zero-order valence-corrected chi connectivity index (χ0v) is 18.4. The van der Waals surface area contributed by atoms with Crippen LogP contribution in [0.4, 0.5) is 5.69 Å². The van der Waals surface area contributed by atoms with Crippen LogP contribution in [0.3, 0.4) is 0 Å². The van der Waals surface area contributed by atoms with Gasteiger partial charge in [0.15, 0.2) is 0 Å². The van der Waals surface area contributed by atoms with E-state index in [-0.39, 0.29) is 32.6 Å². The van der Waals surface area contributed by atoms with Crippen molar-refractivity contribution in [2.24, 2.45) is 0 Å². The average Bonchev–Trinajstić information content (AvgIpc) is 2.79. The van der Waals surface area contributed by atoms with E-state index in [1.807, 2.05) is 0 Å². The molecule has 2 amide bonds. The molecule has 0 atom stereocenters. The van der Waals surface area contributed by atoms with Gasteiger partial charge in [-0.2, -0.15) is 0 Å². The molecule has 0 unspecified atom stereocenters. The summed E-state index contributed by atoms with van der Waals surface area (Å²) in [5, 5.41) is 0.231. The molecule has 0 spiro atoms. The molecular weight excluding hydrogens is 456 g/mol. The van der Waals surface area contributed by atoms with Crippen LogP contribution in [0.1, 0.15) is 27.6 Å². The third-order valence-corrected chi connectivity index (χ3v) is 5.80. The number of nitrogens with one attached hydrogen (secondary N) is 3. The molecule has 0 aliphatic rings. The maximum absolute atomic E-state index is 12.7. The van der Waals surface area contributed by atoms with Crippen LogP contribution in [0.25, 0.3) is 0 Å². The van der Waals surface area contributed by atoms with Gasteiger partial charge in [0.1, 0.15) is 5.56 Å². The van der Waals surface area contributed by atoms with Gasteiger partial charge in [-0.25, -0.2) is 13.4 Å². The molecule has 1 aromatic heterocycles. The maximum atomic E-state index is 12.7. The Morgan fingerprint density at radius 3 is 2.50 bits per heavy atom. The van der Waals surface area contributed by atoms with E-state index in [0.717, 1.165) is 0 Å². The lowest BCUT2D eigenvalue weighted by atomic mass is 10.2. The van der Waals surface area contributed by atoms with Crippen molar-refractivity contribution in [2.45, 2.75) is 11.8 Å². The number of hydrogen-bond donors (Lipinski definition) is 3. The fourth-order valence-corrected chi connectivity index (χ4v) is 3.98. The molecule has 3 aromatic rings. The normalized spacial score (nSPS) is 10.8. The van der Waals surface area contributed by atoms with Crippen molar-refractivity contribution < 1.29 is 22.7 Å². The molecule has 32 heavy (non-hydrogen) atoms. The molecule has 3 rings (SSSR count). The van der Waals surface area contributed by atoms with E-state index in [2.05, 4.69) is 20.6 Å². The van der Waals surface area contributed by atoms with Gasteiger partial charge in [0.05, 0.1) is 22.2 Å². The van der Waals surface area contributed by atoms with Gasteiger partial charge in [0.2, 0.25) is 5.88 Å². The summed E-state index contributed by atoms with van der Waals surface area (Å²) in [4.78, 5) is 28.7. The molecule has 166 valence electrons. The Balaban J connectivity index is 1.72. The minimum absolute atomic E-state index is 0.0172. The number of aromatic nitrogens is 1. The van der Waals surface area contributed by atoms with Crippen molar-refractivity contribution in [1.29, 1.82) is 0 Å². The third-order valence-electron chi connectivity index (χ3n) is 4.11. The summed E-state index contributed by atoms with van der Waals surface area (Å²) >= 11 is 6.01. The van der Waals surface area contributed by atoms with Crippen molar-refractivity contribution in [3.63, 3.8) is 0 Å². The summed E-state index contributed by atoms with van der Waals surface area (Å²) in [6, 6.07) is 14.7. The Kier molecular flexibility index (Phi) is 7.29. The summed E-state index contributed by atoms with van der Waals surface area (Å²) in [6.45, 7) is 2.06. The first kappa shape index (κ1) is 23.0. The number of amides is 2. The lowest BCUT2D eigenvalue weighted by Crippen LogP contribution is -2.41. The minimum Gasteiger partial charge on any atom is -0.477 e. The predicted molar refractivity (Wildman–Crippen MR) is 119 cm³/mol. The van der Waals surface area contributed by atoms with Gasteiger partial charge in [-0.05, 0) is 49.4 Å². The highest BCUT2D eigenvalue weighted by atomic mass is 35.5. The van der Waals surface area contributed by atoms with E-state index in [9.17, 15) is 18.0 Å². The van der Waals surface area contributed by atoms with Crippen LogP contribution < -0.4 is 20.3 Å². The van der Waals surface area contributed by atoms with E-state index in [0.29, 0.717) is 6.61 Å². The molecule has 0 fully saturated rings. The van der Waals surface area contributed by atoms with Crippen LogP contribution in [-0.4, -0.2) is 31.8 Å². The van der Waals surface area contributed by atoms with Crippen LogP contribution in [0.15, 0.2) is 71.8 Å². The molecule has 1 heterocycles. The van der Waals surface area contributed by atoms with E-state index < -0.39 is 21.8 Å². The third kappa shape index (κ3) is 5.54. The number of anilines is 1. The van der Waals surface area contributed by atoms with Crippen LogP contribution >= 0.6 is 11.6 Å². The molecular formula is C21H19ClN4O5S. The van der Waals surface area contributed by atoms with Crippen LogP contribution in [0, 0.1) is 0 Å². The summed E-state index contributed by atoms with van der Waals surface area (Å²) in [5.74, 6) is -1.23.